The van der Waals surface area contributed by atoms with Crippen molar-refractivity contribution < 1.29 is 32.2 Å². The molecule has 0 spiro atoms. The van der Waals surface area contributed by atoms with Gasteiger partial charge in [0.05, 0.1) is 30.1 Å². The number of allylic oxidation sites excluding steroid dienone is 4. The molecule has 2 aliphatic heterocycles. The van der Waals surface area contributed by atoms with E-state index in [1.165, 1.54) is 17.5 Å². The molecule has 39 heavy (non-hydrogen) atoms. The number of sulfonamides is 1. The van der Waals surface area contributed by atoms with Gasteiger partial charge in [-0.1, -0.05) is 27.7 Å². The number of Topliss-reactive ketones (excluding diaryl/α,β-unsaturated/α-hetero) is 2. The molecular weight excluding hydrogens is 518 g/mol. The first-order chi connectivity index (χ1) is 18.1. The minimum absolute atomic E-state index is 0.0819. The fourth-order valence-electron chi connectivity index (χ4n) is 6.56. The zero-order valence-electron chi connectivity index (χ0n) is 23.9. The number of hydrogen-bond donors (Lipinski definition) is 0. The summed E-state index contributed by atoms with van der Waals surface area (Å²) in [6.07, 6.45) is 1.28. The molecule has 212 valence electrons. The second-order valence-electron chi connectivity index (χ2n) is 13.1. The number of methoxy groups -OCH3 is 1. The Bertz CT molecular complexity index is 1340. The van der Waals surface area contributed by atoms with Gasteiger partial charge in [0.25, 0.3) is 0 Å². The summed E-state index contributed by atoms with van der Waals surface area (Å²) >= 11 is 0. The van der Waals surface area contributed by atoms with Gasteiger partial charge in [0.2, 0.25) is 10.0 Å². The van der Waals surface area contributed by atoms with E-state index in [-0.39, 0.29) is 52.6 Å². The third kappa shape index (κ3) is 5.09. The van der Waals surface area contributed by atoms with Crippen LogP contribution in [0, 0.1) is 10.8 Å². The Morgan fingerprint density at radius 1 is 0.872 bits per heavy atom. The summed E-state index contributed by atoms with van der Waals surface area (Å²) in [6, 6.07) is 4.74. The van der Waals surface area contributed by atoms with Gasteiger partial charge in [-0.05, 0) is 42.9 Å². The number of benzene rings is 1. The maximum atomic E-state index is 13.8. The maximum absolute atomic E-state index is 13.8. The van der Waals surface area contributed by atoms with Crippen molar-refractivity contribution in [2.75, 3.05) is 20.2 Å². The molecule has 0 saturated carbocycles. The average molecular weight is 558 g/mol. The van der Waals surface area contributed by atoms with Crippen LogP contribution in [0.25, 0.3) is 0 Å². The molecule has 0 unspecified atom stereocenters. The molecule has 5 rings (SSSR count). The van der Waals surface area contributed by atoms with Gasteiger partial charge >= 0.3 is 0 Å². The normalized spacial score (nSPS) is 27.7. The Hall–Kier alpha value is -2.49. The fraction of sp³-hybridized carbons (Fsp3) is 0.600. The number of carbonyl (C=O) groups excluding carboxylic acids is 2. The standard InChI is InChI=1S/C30H39NO7S/c1-17-15-31(16-18(2)37-17)39(34,35)19-8-9-23(36-7)20(10-19)26-27-21(32)11-29(3,4)13-24(27)38-25-14-30(5,6)12-22(33)28(25)26/h8-10,17-18,26H,11-16H2,1-7H3/t17-,18-/m0/s1. The quantitative estimate of drug-likeness (QED) is 0.520. The van der Waals surface area contributed by atoms with Crippen LogP contribution in [-0.4, -0.2) is 56.7 Å². The van der Waals surface area contributed by atoms with E-state index in [2.05, 4.69) is 0 Å². The highest BCUT2D eigenvalue weighted by atomic mass is 32.2. The van der Waals surface area contributed by atoms with Crippen molar-refractivity contribution in [3.8, 4) is 5.75 Å². The SMILES string of the molecule is COc1ccc(S(=O)(=O)N2C[C@H](C)O[C@@H](C)C2)cc1C1C2=C(CC(C)(C)CC2=O)OC2=C1C(=O)CC(C)(C)C2. The molecule has 4 aliphatic rings. The lowest BCUT2D eigenvalue weighted by Crippen LogP contribution is -2.48. The van der Waals surface area contributed by atoms with Crippen molar-refractivity contribution in [1.29, 1.82) is 0 Å². The van der Waals surface area contributed by atoms with Gasteiger partial charge < -0.3 is 14.2 Å². The number of carbonyl (C=O) groups is 2. The number of hydrogen-bond acceptors (Lipinski definition) is 7. The third-order valence-electron chi connectivity index (χ3n) is 8.12. The Morgan fingerprint density at radius 2 is 1.38 bits per heavy atom. The molecule has 2 aliphatic carbocycles. The molecule has 1 aromatic rings. The van der Waals surface area contributed by atoms with Crippen LogP contribution in [0.3, 0.4) is 0 Å². The van der Waals surface area contributed by atoms with Gasteiger partial charge in [-0.2, -0.15) is 4.31 Å². The topological polar surface area (TPSA) is 99.2 Å². The minimum atomic E-state index is -3.87. The van der Waals surface area contributed by atoms with Gasteiger partial charge in [-0.15, -0.1) is 0 Å². The number of nitrogens with zero attached hydrogens (tertiary/aromatic N) is 1. The molecule has 1 fully saturated rings. The fourth-order valence-corrected chi connectivity index (χ4v) is 8.19. The number of ether oxygens (including phenoxy) is 3. The molecule has 9 heteroatoms. The molecule has 0 N–H and O–H groups in total. The highest BCUT2D eigenvalue weighted by molar-refractivity contribution is 7.89. The summed E-state index contributed by atoms with van der Waals surface area (Å²) in [6.45, 7) is 12.3. The summed E-state index contributed by atoms with van der Waals surface area (Å²) in [5.41, 5.74) is 0.819. The van der Waals surface area contributed by atoms with Gasteiger partial charge in [0, 0.05) is 55.5 Å². The lowest BCUT2D eigenvalue weighted by atomic mass is 9.65. The van der Waals surface area contributed by atoms with Crippen molar-refractivity contribution in [2.45, 2.75) is 90.2 Å². The molecule has 0 aromatic heterocycles. The highest BCUT2D eigenvalue weighted by Crippen LogP contribution is 2.54. The first-order valence-corrected chi connectivity index (χ1v) is 15.1. The number of morpholine rings is 1. The monoisotopic (exact) mass is 557 g/mol. The second-order valence-corrected chi connectivity index (χ2v) is 15.0. The molecule has 1 saturated heterocycles. The summed E-state index contributed by atoms with van der Waals surface area (Å²) in [7, 11) is -2.36. The third-order valence-corrected chi connectivity index (χ3v) is 9.95. The summed E-state index contributed by atoms with van der Waals surface area (Å²) in [4.78, 5) is 27.5. The lowest BCUT2D eigenvalue weighted by Gasteiger charge is -2.43. The Morgan fingerprint density at radius 3 is 1.87 bits per heavy atom. The van der Waals surface area contributed by atoms with Gasteiger partial charge in [-0.25, -0.2) is 8.42 Å². The van der Waals surface area contributed by atoms with Crippen LogP contribution in [0.15, 0.2) is 45.8 Å². The lowest BCUT2D eigenvalue weighted by molar-refractivity contribution is -0.120. The molecule has 2 heterocycles. The van der Waals surface area contributed by atoms with E-state index in [1.54, 1.807) is 12.1 Å². The van der Waals surface area contributed by atoms with Crippen LogP contribution < -0.4 is 4.74 Å². The molecule has 0 amide bonds. The molecule has 0 radical (unpaired) electrons. The largest absolute Gasteiger partial charge is 0.496 e. The predicted molar refractivity (Wildman–Crippen MR) is 146 cm³/mol. The molecule has 8 nitrogen and oxygen atoms in total. The van der Waals surface area contributed by atoms with Crippen molar-refractivity contribution in [3.63, 3.8) is 0 Å². The molecule has 0 bridgehead atoms. The predicted octanol–water partition coefficient (Wildman–Crippen LogP) is 4.89. The Labute approximate surface area is 231 Å². The maximum Gasteiger partial charge on any atom is 0.243 e. The zero-order chi connectivity index (χ0) is 28.5. The second kappa shape index (κ2) is 9.56. The first-order valence-electron chi connectivity index (χ1n) is 13.7. The van der Waals surface area contributed by atoms with E-state index in [0.717, 1.165) is 0 Å². The van der Waals surface area contributed by atoms with Crippen LogP contribution in [-0.2, 0) is 29.1 Å². The van der Waals surface area contributed by atoms with Gasteiger partial charge in [-0.3, -0.25) is 9.59 Å². The van der Waals surface area contributed by atoms with Crippen molar-refractivity contribution in [2.24, 2.45) is 10.8 Å². The van der Waals surface area contributed by atoms with Crippen molar-refractivity contribution in [1.82, 2.24) is 4.31 Å². The van der Waals surface area contributed by atoms with E-state index in [4.69, 9.17) is 14.2 Å². The van der Waals surface area contributed by atoms with Crippen LogP contribution >= 0.6 is 0 Å². The summed E-state index contributed by atoms with van der Waals surface area (Å²) < 4.78 is 46.9. The molecule has 2 atom stereocenters. The van der Waals surface area contributed by atoms with Crippen LogP contribution in [0.1, 0.15) is 78.7 Å². The van der Waals surface area contributed by atoms with Crippen molar-refractivity contribution in [3.05, 3.63) is 46.4 Å². The van der Waals surface area contributed by atoms with Crippen molar-refractivity contribution >= 4 is 21.6 Å². The Balaban J connectivity index is 1.69. The number of ketones is 2. The van der Waals surface area contributed by atoms with E-state index < -0.39 is 15.9 Å². The number of rotatable bonds is 4. The van der Waals surface area contributed by atoms with Gasteiger partial charge in [0.1, 0.15) is 17.3 Å². The average Bonchev–Trinajstić information content (AvgIpc) is 2.80. The van der Waals surface area contributed by atoms with E-state index in [9.17, 15) is 18.0 Å². The first kappa shape index (κ1) is 28.1. The Kier molecular flexibility index (Phi) is 6.88. The highest BCUT2D eigenvalue weighted by Gasteiger charge is 2.48. The summed E-state index contributed by atoms with van der Waals surface area (Å²) in [5, 5.41) is 0. The van der Waals surface area contributed by atoms with E-state index in [0.29, 0.717) is 59.7 Å². The smallest absolute Gasteiger partial charge is 0.243 e. The summed E-state index contributed by atoms with van der Waals surface area (Å²) in [5.74, 6) is 0.679. The van der Waals surface area contributed by atoms with E-state index >= 15 is 0 Å². The van der Waals surface area contributed by atoms with Crippen LogP contribution in [0.5, 0.6) is 5.75 Å². The van der Waals surface area contributed by atoms with Gasteiger partial charge in [0.15, 0.2) is 11.6 Å². The zero-order valence-corrected chi connectivity index (χ0v) is 24.7. The van der Waals surface area contributed by atoms with Crippen LogP contribution in [0.2, 0.25) is 0 Å². The minimum Gasteiger partial charge on any atom is -0.496 e. The molecular formula is C30H39NO7S. The van der Waals surface area contributed by atoms with Crippen LogP contribution in [0.4, 0.5) is 0 Å². The van der Waals surface area contributed by atoms with E-state index in [1.807, 2.05) is 41.5 Å². The molecule has 1 aromatic carbocycles.